The molecular formula is C11H14N2O3. The van der Waals surface area contributed by atoms with Crippen LogP contribution in [0.25, 0.3) is 0 Å². The Morgan fingerprint density at radius 3 is 2.81 bits per heavy atom. The summed E-state index contributed by atoms with van der Waals surface area (Å²) in [7, 11) is 0. The van der Waals surface area contributed by atoms with E-state index in [-0.39, 0.29) is 18.8 Å². The Balaban J connectivity index is 1.88. The van der Waals surface area contributed by atoms with Gasteiger partial charge >= 0.3 is 5.97 Å². The van der Waals surface area contributed by atoms with Gasteiger partial charge in [0.25, 0.3) is 0 Å². The summed E-state index contributed by atoms with van der Waals surface area (Å²) in [5.41, 5.74) is 6.04. The number of esters is 1. The van der Waals surface area contributed by atoms with Gasteiger partial charge < -0.3 is 15.2 Å². The fourth-order valence-corrected chi connectivity index (χ4v) is 1.42. The van der Waals surface area contributed by atoms with Crippen LogP contribution in [0, 0.1) is 0 Å². The summed E-state index contributed by atoms with van der Waals surface area (Å²) in [6, 6.07) is 8.84. The van der Waals surface area contributed by atoms with Crippen molar-refractivity contribution in [3.8, 4) is 0 Å². The van der Waals surface area contributed by atoms with Gasteiger partial charge in [-0.3, -0.25) is 5.32 Å². The monoisotopic (exact) mass is 222 g/mol. The molecule has 0 spiro atoms. The number of nitrogens with one attached hydrogen (secondary N) is 1. The van der Waals surface area contributed by atoms with Gasteiger partial charge in [-0.15, -0.1) is 0 Å². The molecule has 0 aliphatic carbocycles. The smallest absolute Gasteiger partial charge is 0.339 e. The van der Waals surface area contributed by atoms with Gasteiger partial charge in [-0.1, -0.05) is 18.2 Å². The lowest BCUT2D eigenvalue weighted by atomic mass is 10.2. The Kier molecular flexibility index (Phi) is 3.51. The minimum absolute atomic E-state index is 0.278. The maximum atomic E-state index is 11.6. The van der Waals surface area contributed by atoms with Crippen molar-refractivity contribution in [1.82, 2.24) is 5.32 Å². The third-order valence-electron chi connectivity index (χ3n) is 2.27. The van der Waals surface area contributed by atoms with Crippen molar-refractivity contribution in [3.05, 3.63) is 35.9 Å². The molecule has 3 N–H and O–H groups in total. The van der Waals surface area contributed by atoms with Gasteiger partial charge in [0.1, 0.15) is 6.23 Å². The van der Waals surface area contributed by atoms with Crippen LogP contribution in [-0.2, 0) is 9.47 Å². The standard InChI is InChI=1S/C11H14N2O3/c12-9-6-13-10(7-15-9)16-11(14)8-4-2-1-3-5-8/h1-5,9-10,13H,6-7,12H2. The minimum Gasteiger partial charge on any atom is -0.440 e. The third kappa shape index (κ3) is 2.79. The van der Waals surface area contributed by atoms with Gasteiger partial charge in [-0.05, 0) is 12.1 Å². The largest absolute Gasteiger partial charge is 0.440 e. The van der Waals surface area contributed by atoms with Gasteiger partial charge in [-0.25, -0.2) is 4.79 Å². The molecular weight excluding hydrogens is 208 g/mol. The van der Waals surface area contributed by atoms with Crippen molar-refractivity contribution in [3.63, 3.8) is 0 Å². The lowest BCUT2D eigenvalue weighted by Gasteiger charge is -2.27. The van der Waals surface area contributed by atoms with Gasteiger partial charge in [0, 0.05) is 6.54 Å². The zero-order valence-electron chi connectivity index (χ0n) is 8.76. The van der Waals surface area contributed by atoms with Crippen molar-refractivity contribution in [2.24, 2.45) is 5.73 Å². The first-order valence-corrected chi connectivity index (χ1v) is 5.12. The highest BCUT2D eigenvalue weighted by atomic mass is 16.6. The first kappa shape index (κ1) is 11.1. The van der Waals surface area contributed by atoms with Crippen LogP contribution in [0.4, 0.5) is 0 Å². The fourth-order valence-electron chi connectivity index (χ4n) is 1.42. The lowest BCUT2D eigenvalue weighted by Crippen LogP contribution is -2.51. The van der Waals surface area contributed by atoms with E-state index in [4.69, 9.17) is 15.2 Å². The van der Waals surface area contributed by atoms with Crippen LogP contribution in [0.2, 0.25) is 0 Å². The molecule has 1 aromatic rings. The predicted molar refractivity (Wildman–Crippen MR) is 57.6 cm³/mol. The SMILES string of the molecule is NC1CNC(OC(=O)c2ccccc2)CO1. The van der Waals surface area contributed by atoms with Crippen LogP contribution < -0.4 is 11.1 Å². The molecule has 0 amide bonds. The molecule has 1 saturated heterocycles. The van der Waals surface area contributed by atoms with Gasteiger partial charge in [-0.2, -0.15) is 0 Å². The molecule has 1 heterocycles. The summed E-state index contributed by atoms with van der Waals surface area (Å²) < 4.78 is 10.4. The fraction of sp³-hybridized carbons (Fsp3) is 0.364. The summed E-state index contributed by atoms with van der Waals surface area (Å²) in [6.45, 7) is 0.756. The molecule has 2 unspecified atom stereocenters. The van der Waals surface area contributed by atoms with Crippen molar-refractivity contribution in [1.29, 1.82) is 0 Å². The van der Waals surface area contributed by atoms with Gasteiger partial charge in [0.05, 0.1) is 12.2 Å². The number of hydrogen-bond acceptors (Lipinski definition) is 5. The number of nitrogens with two attached hydrogens (primary N) is 1. The molecule has 0 bridgehead atoms. The van der Waals surface area contributed by atoms with E-state index in [0.717, 1.165) is 0 Å². The van der Waals surface area contributed by atoms with Crippen LogP contribution >= 0.6 is 0 Å². The Morgan fingerprint density at radius 2 is 2.19 bits per heavy atom. The second-order valence-corrected chi connectivity index (χ2v) is 3.54. The van der Waals surface area contributed by atoms with Crippen LogP contribution in [0.5, 0.6) is 0 Å². The van der Waals surface area contributed by atoms with Gasteiger partial charge in [0.2, 0.25) is 0 Å². The van der Waals surface area contributed by atoms with Crippen molar-refractivity contribution in [2.45, 2.75) is 12.5 Å². The molecule has 1 aliphatic rings. The minimum atomic E-state index is -0.424. The average molecular weight is 222 g/mol. The number of ether oxygens (including phenoxy) is 2. The van der Waals surface area contributed by atoms with Crippen molar-refractivity contribution in [2.75, 3.05) is 13.2 Å². The summed E-state index contributed by atoms with van der Waals surface area (Å²) >= 11 is 0. The topological polar surface area (TPSA) is 73.6 Å². The van der Waals surface area contributed by atoms with E-state index in [1.54, 1.807) is 24.3 Å². The highest BCUT2D eigenvalue weighted by Crippen LogP contribution is 2.05. The van der Waals surface area contributed by atoms with Gasteiger partial charge in [0.15, 0.2) is 6.23 Å². The van der Waals surface area contributed by atoms with E-state index >= 15 is 0 Å². The average Bonchev–Trinajstić information content (AvgIpc) is 2.33. The van der Waals surface area contributed by atoms with E-state index in [1.165, 1.54) is 0 Å². The number of hydrogen-bond donors (Lipinski definition) is 2. The van der Waals surface area contributed by atoms with E-state index in [9.17, 15) is 4.79 Å². The van der Waals surface area contributed by atoms with Crippen LogP contribution in [0.15, 0.2) is 30.3 Å². The van der Waals surface area contributed by atoms with E-state index in [0.29, 0.717) is 12.1 Å². The number of carbonyl (C=O) groups is 1. The van der Waals surface area contributed by atoms with Crippen LogP contribution in [0.1, 0.15) is 10.4 Å². The maximum Gasteiger partial charge on any atom is 0.339 e. The van der Waals surface area contributed by atoms with Crippen molar-refractivity contribution >= 4 is 5.97 Å². The second kappa shape index (κ2) is 5.07. The van der Waals surface area contributed by atoms with Crippen LogP contribution in [0.3, 0.4) is 0 Å². The molecule has 0 saturated carbocycles. The van der Waals surface area contributed by atoms with E-state index in [2.05, 4.69) is 5.32 Å². The summed E-state index contributed by atoms with van der Waals surface area (Å²) in [4.78, 5) is 11.6. The summed E-state index contributed by atoms with van der Waals surface area (Å²) in [6.07, 6.45) is -0.751. The quantitative estimate of drug-likeness (QED) is 0.693. The molecule has 0 aromatic heterocycles. The van der Waals surface area contributed by atoms with E-state index in [1.807, 2.05) is 6.07 Å². The Hall–Kier alpha value is -1.43. The Morgan fingerprint density at radius 1 is 1.44 bits per heavy atom. The first-order valence-electron chi connectivity index (χ1n) is 5.12. The summed E-state index contributed by atoms with van der Waals surface area (Å²) in [5.74, 6) is -0.364. The normalized spacial score (nSPS) is 25.1. The number of benzene rings is 1. The molecule has 1 fully saturated rings. The second-order valence-electron chi connectivity index (χ2n) is 3.54. The number of morpholine rings is 1. The Labute approximate surface area is 93.5 Å². The van der Waals surface area contributed by atoms with Crippen LogP contribution in [-0.4, -0.2) is 31.6 Å². The molecule has 5 nitrogen and oxygen atoms in total. The van der Waals surface area contributed by atoms with Crippen molar-refractivity contribution < 1.29 is 14.3 Å². The number of carbonyl (C=O) groups excluding carboxylic acids is 1. The lowest BCUT2D eigenvalue weighted by molar-refractivity contribution is -0.0707. The zero-order valence-corrected chi connectivity index (χ0v) is 8.76. The molecule has 1 aliphatic heterocycles. The molecule has 0 radical (unpaired) electrons. The summed E-state index contributed by atoms with van der Waals surface area (Å²) in [5, 5.41) is 2.98. The molecule has 1 aromatic carbocycles. The number of rotatable bonds is 2. The molecule has 2 atom stereocenters. The first-order chi connectivity index (χ1) is 7.75. The highest BCUT2D eigenvalue weighted by molar-refractivity contribution is 5.89. The highest BCUT2D eigenvalue weighted by Gasteiger charge is 2.21. The molecule has 2 rings (SSSR count). The zero-order chi connectivity index (χ0) is 11.4. The Bertz CT molecular complexity index is 348. The molecule has 16 heavy (non-hydrogen) atoms. The molecule has 5 heteroatoms. The third-order valence-corrected chi connectivity index (χ3v) is 2.27. The maximum absolute atomic E-state index is 11.6. The molecule has 86 valence electrons. The van der Waals surface area contributed by atoms with E-state index < -0.39 is 6.23 Å². The predicted octanol–water partition coefficient (Wildman–Crippen LogP) is 0.0741.